The molecule has 0 saturated carbocycles. The van der Waals surface area contributed by atoms with Gasteiger partial charge in [-0.1, -0.05) is 11.1 Å². The minimum Gasteiger partial charge on any atom is -0.480 e. The molecule has 1 aliphatic heterocycles. The molecule has 0 bridgehead atoms. The Bertz CT molecular complexity index is 306. The molecular formula is C9H14O3S. The smallest absolute Gasteiger partial charge is 0.322 e. The van der Waals surface area contributed by atoms with Crippen LogP contribution in [0.1, 0.15) is 27.2 Å². The summed E-state index contributed by atoms with van der Waals surface area (Å²) in [6, 6.07) is 0. The van der Waals surface area contributed by atoms with E-state index in [-0.39, 0.29) is 0 Å². The third-order valence-corrected chi connectivity index (χ3v) is 4.65. The van der Waals surface area contributed by atoms with E-state index in [0.717, 1.165) is 11.1 Å². The molecule has 1 aliphatic rings. The second-order valence-corrected chi connectivity index (χ2v) is 5.64. The van der Waals surface area contributed by atoms with Gasteiger partial charge in [-0.05, 0) is 27.2 Å². The van der Waals surface area contributed by atoms with Crippen LogP contribution in [0.5, 0.6) is 0 Å². The Balaban J connectivity index is 3.07. The lowest BCUT2D eigenvalue weighted by Gasteiger charge is -2.29. The van der Waals surface area contributed by atoms with Gasteiger partial charge >= 0.3 is 5.97 Å². The maximum atomic E-state index is 11.6. The van der Waals surface area contributed by atoms with Gasteiger partial charge in [0.1, 0.15) is 4.75 Å². The van der Waals surface area contributed by atoms with Gasteiger partial charge in [-0.15, -0.1) is 0 Å². The lowest BCUT2D eigenvalue weighted by molar-refractivity contribution is -0.139. The van der Waals surface area contributed by atoms with Crippen LogP contribution in [0, 0.1) is 0 Å². The van der Waals surface area contributed by atoms with Crippen LogP contribution in [-0.2, 0) is 15.6 Å². The molecule has 1 N–H and O–H groups in total. The fourth-order valence-corrected chi connectivity index (χ4v) is 2.92. The molecule has 2 atom stereocenters. The van der Waals surface area contributed by atoms with Crippen LogP contribution in [0.3, 0.4) is 0 Å². The standard InChI is InChI=1S/C9H14O3S/c1-6-4-9(3,8(10)11)13(12)5-7(6)2/h4-5H2,1-3H3,(H,10,11)/t9-,13+/m1/s1. The van der Waals surface area contributed by atoms with Crippen molar-refractivity contribution in [3.63, 3.8) is 0 Å². The zero-order valence-electron chi connectivity index (χ0n) is 8.09. The summed E-state index contributed by atoms with van der Waals surface area (Å²) in [5, 5.41) is 8.96. The highest BCUT2D eigenvalue weighted by Crippen LogP contribution is 2.31. The summed E-state index contributed by atoms with van der Waals surface area (Å²) in [7, 11) is -1.28. The molecule has 0 aromatic rings. The van der Waals surface area contributed by atoms with Gasteiger partial charge in [0.05, 0.1) is 0 Å². The second kappa shape index (κ2) is 3.25. The number of rotatable bonds is 1. The van der Waals surface area contributed by atoms with E-state index in [9.17, 15) is 9.00 Å². The molecule has 1 rings (SSSR count). The highest BCUT2D eigenvalue weighted by Gasteiger charge is 2.42. The lowest BCUT2D eigenvalue weighted by atomic mass is 9.98. The minimum absolute atomic E-state index is 0.397. The van der Waals surface area contributed by atoms with Crippen LogP contribution in [0.4, 0.5) is 0 Å². The summed E-state index contributed by atoms with van der Waals surface area (Å²) in [4.78, 5) is 10.9. The van der Waals surface area contributed by atoms with Crippen molar-refractivity contribution in [2.75, 3.05) is 5.75 Å². The van der Waals surface area contributed by atoms with Crippen molar-refractivity contribution in [2.45, 2.75) is 31.9 Å². The van der Waals surface area contributed by atoms with Gasteiger partial charge in [0.2, 0.25) is 0 Å². The highest BCUT2D eigenvalue weighted by molar-refractivity contribution is 7.87. The molecule has 0 aromatic carbocycles. The molecule has 3 nitrogen and oxygen atoms in total. The summed E-state index contributed by atoms with van der Waals surface area (Å²) in [5.74, 6) is -0.563. The van der Waals surface area contributed by atoms with Crippen molar-refractivity contribution in [3.05, 3.63) is 11.1 Å². The van der Waals surface area contributed by atoms with Gasteiger partial charge in [-0.2, -0.15) is 0 Å². The molecular weight excluding hydrogens is 188 g/mol. The fraction of sp³-hybridized carbons (Fsp3) is 0.667. The van der Waals surface area contributed by atoms with Gasteiger partial charge in [-0.3, -0.25) is 9.00 Å². The topological polar surface area (TPSA) is 54.4 Å². The third kappa shape index (κ3) is 1.68. The number of carbonyl (C=O) groups is 1. The molecule has 0 saturated heterocycles. The number of allylic oxidation sites excluding steroid dienone is 1. The van der Waals surface area contributed by atoms with Crippen molar-refractivity contribution in [2.24, 2.45) is 0 Å². The van der Waals surface area contributed by atoms with E-state index in [1.54, 1.807) is 6.92 Å². The number of aliphatic carboxylic acids is 1. The molecule has 0 spiro atoms. The van der Waals surface area contributed by atoms with E-state index in [1.165, 1.54) is 0 Å². The quantitative estimate of drug-likeness (QED) is 0.652. The van der Waals surface area contributed by atoms with Crippen molar-refractivity contribution in [1.82, 2.24) is 0 Å². The van der Waals surface area contributed by atoms with Gasteiger partial charge in [0.15, 0.2) is 0 Å². The Labute approximate surface area is 80.3 Å². The van der Waals surface area contributed by atoms with E-state index >= 15 is 0 Å². The monoisotopic (exact) mass is 202 g/mol. The SMILES string of the molecule is CC1=C(C)C[C@](C)(C(=O)O)[S@@](=O)C1. The molecule has 0 aliphatic carbocycles. The Hall–Kier alpha value is -0.640. The molecule has 13 heavy (non-hydrogen) atoms. The third-order valence-electron chi connectivity index (χ3n) is 2.63. The first kappa shape index (κ1) is 10.4. The Kier molecular flexibility index (Phi) is 2.61. The number of carboxylic acids is 1. The zero-order chi connectivity index (χ0) is 10.2. The summed E-state index contributed by atoms with van der Waals surface area (Å²) in [6.45, 7) is 5.38. The predicted octanol–water partition coefficient (Wildman–Crippen LogP) is 1.32. The van der Waals surface area contributed by atoms with Crippen LogP contribution < -0.4 is 0 Å². The molecule has 0 unspecified atom stereocenters. The summed E-state index contributed by atoms with van der Waals surface area (Å²) < 4.78 is 10.5. The van der Waals surface area contributed by atoms with Crippen molar-refractivity contribution < 1.29 is 14.1 Å². The molecule has 4 heteroatoms. The van der Waals surface area contributed by atoms with Crippen LogP contribution >= 0.6 is 0 Å². The van der Waals surface area contributed by atoms with Gasteiger partial charge < -0.3 is 5.11 Å². The molecule has 0 fully saturated rings. The van der Waals surface area contributed by atoms with Crippen molar-refractivity contribution in [3.8, 4) is 0 Å². The van der Waals surface area contributed by atoms with Crippen molar-refractivity contribution >= 4 is 16.8 Å². The Morgan fingerprint density at radius 1 is 1.46 bits per heavy atom. The van der Waals surface area contributed by atoms with Crippen LogP contribution in [0.25, 0.3) is 0 Å². The first-order chi connectivity index (χ1) is 5.88. The van der Waals surface area contributed by atoms with E-state index < -0.39 is 21.5 Å². The fourth-order valence-electron chi connectivity index (χ4n) is 1.39. The highest BCUT2D eigenvalue weighted by atomic mass is 32.2. The number of hydrogen-bond acceptors (Lipinski definition) is 2. The lowest BCUT2D eigenvalue weighted by Crippen LogP contribution is -2.43. The maximum absolute atomic E-state index is 11.6. The molecule has 0 amide bonds. The normalized spacial score (nSPS) is 34.8. The van der Waals surface area contributed by atoms with E-state index in [0.29, 0.717) is 12.2 Å². The van der Waals surface area contributed by atoms with Gasteiger partial charge in [-0.25, -0.2) is 0 Å². The summed E-state index contributed by atoms with van der Waals surface area (Å²) in [5.41, 5.74) is 2.13. The number of hydrogen-bond donors (Lipinski definition) is 1. The van der Waals surface area contributed by atoms with Crippen LogP contribution in [0.2, 0.25) is 0 Å². The van der Waals surface area contributed by atoms with Crippen LogP contribution in [-0.4, -0.2) is 25.8 Å². The first-order valence-electron chi connectivity index (χ1n) is 4.15. The predicted molar refractivity (Wildman–Crippen MR) is 52.0 cm³/mol. The minimum atomic E-state index is -1.28. The van der Waals surface area contributed by atoms with E-state index in [4.69, 9.17) is 5.11 Å². The van der Waals surface area contributed by atoms with E-state index in [2.05, 4.69) is 0 Å². The molecule has 74 valence electrons. The Morgan fingerprint density at radius 3 is 2.46 bits per heavy atom. The second-order valence-electron chi connectivity index (χ2n) is 3.76. The summed E-state index contributed by atoms with van der Waals surface area (Å²) >= 11 is 0. The molecule has 1 heterocycles. The van der Waals surface area contributed by atoms with Gasteiger partial charge in [0.25, 0.3) is 0 Å². The van der Waals surface area contributed by atoms with E-state index in [1.807, 2.05) is 13.8 Å². The largest absolute Gasteiger partial charge is 0.480 e. The first-order valence-corrected chi connectivity index (χ1v) is 5.47. The molecule has 0 aromatic heterocycles. The summed E-state index contributed by atoms with van der Waals surface area (Å²) in [6.07, 6.45) is 0.404. The number of carboxylic acid groups (broad SMARTS) is 1. The Morgan fingerprint density at radius 2 is 2.00 bits per heavy atom. The average Bonchev–Trinajstić information content (AvgIpc) is 2.01. The average molecular weight is 202 g/mol. The molecule has 0 radical (unpaired) electrons. The van der Waals surface area contributed by atoms with Crippen LogP contribution in [0.15, 0.2) is 11.1 Å². The van der Waals surface area contributed by atoms with Gasteiger partial charge in [0, 0.05) is 16.6 Å². The maximum Gasteiger partial charge on any atom is 0.322 e. The van der Waals surface area contributed by atoms with Crippen molar-refractivity contribution in [1.29, 1.82) is 0 Å². The zero-order valence-corrected chi connectivity index (χ0v) is 8.90.